The summed E-state index contributed by atoms with van der Waals surface area (Å²) < 4.78 is 12.2. The van der Waals surface area contributed by atoms with Gasteiger partial charge in [0, 0.05) is 11.5 Å². The summed E-state index contributed by atoms with van der Waals surface area (Å²) in [6.45, 7) is 5.65. The molecule has 0 saturated heterocycles. The predicted octanol–water partition coefficient (Wildman–Crippen LogP) is 10.8. The summed E-state index contributed by atoms with van der Waals surface area (Å²) in [6, 6.07) is -1.63. The van der Waals surface area contributed by atoms with Crippen molar-refractivity contribution in [3.05, 3.63) is 0 Å². The first kappa shape index (κ1) is 58.5. The van der Waals surface area contributed by atoms with Gasteiger partial charge < -0.3 is 29.1 Å². The Bertz CT molecular complexity index is 986. The van der Waals surface area contributed by atoms with Crippen LogP contribution in [-0.4, -0.2) is 125 Å². The second kappa shape index (κ2) is 39.1. The molecule has 0 bridgehead atoms. The van der Waals surface area contributed by atoms with Gasteiger partial charge in [-0.1, -0.05) is 202 Å². The Kier molecular flexibility index (Phi) is 38.1. The summed E-state index contributed by atoms with van der Waals surface area (Å²) in [5, 5.41) is 5.78. The number of nitrogens with zero attached hydrogens (tertiary/aromatic N) is 2. The van der Waals surface area contributed by atoms with Crippen molar-refractivity contribution < 1.29 is 37.6 Å². The molecule has 0 radical (unpaired) electrons. The van der Waals surface area contributed by atoms with E-state index in [0.29, 0.717) is 22.2 Å². The molecule has 2 amide bonds. The van der Waals surface area contributed by atoms with Crippen LogP contribution in [0.5, 0.6) is 0 Å². The summed E-state index contributed by atoms with van der Waals surface area (Å²) in [5.74, 6) is -0.758. The van der Waals surface area contributed by atoms with Crippen molar-refractivity contribution in [2.24, 2.45) is 0 Å². The van der Waals surface area contributed by atoms with Gasteiger partial charge in [-0.25, -0.2) is 9.59 Å². The highest BCUT2D eigenvalue weighted by Gasteiger charge is 2.28. The number of nitrogens with one attached hydrogen (secondary N) is 2. The van der Waals surface area contributed by atoms with Crippen LogP contribution in [0.3, 0.4) is 0 Å². The number of amides is 2. The van der Waals surface area contributed by atoms with Crippen LogP contribution in [0.4, 0.5) is 0 Å². The first-order chi connectivity index (χ1) is 28.7. The average Bonchev–Trinajstić information content (AvgIpc) is 3.16. The molecule has 60 heavy (non-hydrogen) atoms. The minimum atomic E-state index is -0.813. The Labute approximate surface area is 377 Å². The third kappa shape index (κ3) is 40.6. The molecule has 0 aromatic heterocycles. The van der Waals surface area contributed by atoms with Gasteiger partial charge >= 0.3 is 11.9 Å². The number of hydrogen-bond donors (Lipinski definition) is 2. The van der Waals surface area contributed by atoms with E-state index in [0.717, 1.165) is 38.5 Å². The van der Waals surface area contributed by atoms with Gasteiger partial charge in [-0.15, -0.1) is 0 Å². The number of unbranched alkanes of at least 4 members (excludes halogenated alkanes) is 26. The van der Waals surface area contributed by atoms with Gasteiger partial charge in [0.2, 0.25) is 0 Å². The fourth-order valence-corrected chi connectivity index (χ4v) is 9.35. The monoisotopic (exact) mass is 889 g/mol. The van der Waals surface area contributed by atoms with E-state index in [9.17, 15) is 19.2 Å². The maximum absolute atomic E-state index is 13.2. The molecule has 2 atom stereocenters. The Morgan fingerprint density at radius 3 is 0.867 bits per heavy atom. The lowest BCUT2D eigenvalue weighted by atomic mass is 10.0. The molecule has 0 aliphatic rings. The van der Waals surface area contributed by atoms with Crippen molar-refractivity contribution >= 4 is 45.3 Å². The van der Waals surface area contributed by atoms with Crippen LogP contribution in [0.1, 0.15) is 194 Å². The fraction of sp³-hybridized carbons (Fsp3) is 0.917. The van der Waals surface area contributed by atoms with Crippen molar-refractivity contribution in [2.45, 2.75) is 206 Å². The molecule has 12 heteroatoms. The Hall–Kier alpha value is -1.50. The van der Waals surface area contributed by atoms with Crippen molar-refractivity contribution in [1.29, 1.82) is 0 Å². The Morgan fingerprint density at radius 2 is 0.633 bits per heavy atom. The van der Waals surface area contributed by atoms with Gasteiger partial charge in [-0.05, 0) is 12.8 Å². The van der Waals surface area contributed by atoms with Crippen LogP contribution >= 0.6 is 21.6 Å². The lowest BCUT2D eigenvalue weighted by Gasteiger charge is -2.25. The second-order valence-corrected chi connectivity index (χ2v) is 21.8. The van der Waals surface area contributed by atoms with E-state index in [4.69, 9.17) is 9.47 Å². The molecule has 0 aromatic rings. The smallest absolute Gasteiger partial charge is 0.329 e. The molecule has 2 N–H and O–H groups in total. The van der Waals surface area contributed by atoms with Gasteiger partial charge in [0.05, 0.1) is 55.5 Å². The summed E-state index contributed by atoms with van der Waals surface area (Å²) in [7, 11) is 14.3. The van der Waals surface area contributed by atoms with Crippen molar-refractivity contribution in [3.63, 3.8) is 0 Å². The number of carbonyl (C=O) groups excluding carboxylic acids is 4. The van der Waals surface area contributed by atoms with Gasteiger partial charge in [-0.3, -0.25) is 9.59 Å². The molecule has 0 fully saturated rings. The van der Waals surface area contributed by atoms with Gasteiger partial charge in [0.25, 0.3) is 11.8 Å². The Balaban J connectivity index is 4.74. The normalized spacial score (nSPS) is 12.9. The summed E-state index contributed by atoms with van der Waals surface area (Å²) in [6.07, 6.45) is 35.2. The molecular formula is C48H96N4O6S2+2. The minimum absolute atomic E-state index is 0.218. The lowest BCUT2D eigenvalue weighted by Crippen LogP contribution is -2.51. The van der Waals surface area contributed by atoms with Crippen LogP contribution < -0.4 is 10.6 Å². The molecule has 0 heterocycles. The van der Waals surface area contributed by atoms with E-state index in [1.54, 1.807) is 0 Å². The molecule has 0 rings (SSSR count). The topological polar surface area (TPSA) is 111 Å². The van der Waals surface area contributed by atoms with Crippen molar-refractivity contribution in [2.75, 3.05) is 80.1 Å². The number of quaternary nitrogens is 2. The van der Waals surface area contributed by atoms with E-state index in [1.807, 2.05) is 42.3 Å². The minimum Gasteiger partial charge on any atom is -0.464 e. The number of carbonyl (C=O) groups is 4. The van der Waals surface area contributed by atoms with Crippen LogP contribution in [-0.2, 0) is 28.7 Å². The van der Waals surface area contributed by atoms with E-state index in [1.165, 1.54) is 163 Å². The Morgan fingerprint density at radius 1 is 0.400 bits per heavy atom. The predicted molar refractivity (Wildman–Crippen MR) is 257 cm³/mol. The molecule has 0 aromatic carbocycles. The molecule has 0 saturated carbocycles. The van der Waals surface area contributed by atoms with Crippen LogP contribution in [0, 0.1) is 0 Å². The van der Waals surface area contributed by atoms with E-state index < -0.39 is 24.0 Å². The molecule has 10 nitrogen and oxygen atoms in total. The number of esters is 2. The molecular weight excluding hydrogens is 793 g/mol. The number of hydrogen-bond acceptors (Lipinski definition) is 8. The second-order valence-electron chi connectivity index (χ2n) is 19.2. The first-order valence-electron chi connectivity index (χ1n) is 24.5. The van der Waals surface area contributed by atoms with Crippen LogP contribution in [0.25, 0.3) is 0 Å². The molecule has 0 aliphatic heterocycles. The SMILES string of the molecule is CCCCCCCCCCCCCCCCOC(=O)[C@H](CSSC[C@H](NC(=O)C[N+](C)(C)C)C(=O)OCCCCCCCCCCCCCCCC)NC(=O)C[N+](C)(C)C. The highest BCUT2D eigenvalue weighted by atomic mass is 33.1. The molecule has 0 unspecified atom stereocenters. The van der Waals surface area contributed by atoms with E-state index in [2.05, 4.69) is 24.5 Å². The fourth-order valence-electron chi connectivity index (χ4n) is 7.05. The average molecular weight is 889 g/mol. The maximum Gasteiger partial charge on any atom is 0.329 e. The number of likely N-dealkylation sites (N-methyl/N-ethyl adjacent to an activating group) is 2. The van der Waals surface area contributed by atoms with E-state index >= 15 is 0 Å². The zero-order chi connectivity index (χ0) is 44.7. The largest absolute Gasteiger partial charge is 0.464 e. The number of ether oxygens (including phenoxy) is 2. The highest BCUT2D eigenvalue weighted by Crippen LogP contribution is 2.24. The van der Waals surface area contributed by atoms with Gasteiger partial charge in [0.1, 0.15) is 12.1 Å². The van der Waals surface area contributed by atoms with Crippen molar-refractivity contribution in [3.8, 4) is 0 Å². The van der Waals surface area contributed by atoms with Gasteiger partial charge in [-0.2, -0.15) is 0 Å². The van der Waals surface area contributed by atoms with Crippen molar-refractivity contribution in [1.82, 2.24) is 10.6 Å². The van der Waals surface area contributed by atoms with Crippen LogP contribution in [0.15, 0.2) is 0 Å². The van der Waals surface area contributed by atoms with E-state index in [-0.39, 0.29) is 36.4 Å². The summed E-state index contributed by atoms with van der Waals surface area (Å²) >= 11 is 0. The first-order valence-corrected chi connectivity index (χ1v) is 26.9. The zero-order valence-electron chi connectivity index (χ0n) is 40.4. The maximum atomic E-state index is 13.2. The third-order valence-corrected chi connectivity index (χ3v) is 12.9. The lowest BCUT2D eigenvalue weighted by molar-refractivity contribution is -0.862. The molecule has 0 spiro atoms. The number of rotatable bonds is 43. The van der Waals surface area contributed by atoms with Gasteiger partial charge in [0.15, 0.2) is 13.1 Å². The third-order valence-electron chi connectivity index (χ3n) is 10.5. The molecule has 0 aliphatic carbocycles. The zero-order valence-corrected chi connectivity index (χ0v) is 42.0. The molecule has 354 valence electrons. The summed E-state index contributed by atoms with van der Waals surface area (Å²) in [4.78, 5) is 52.2. The quantitative estimate of drug-likeness (QED) is 0.0270. The standard InChI is InChI=1S/C48H94N4O6S2/c1-9-11-13-15-17-19-21-23-25-27-29-31-33-35-37-57-47(55)43(49-45(53)39-51(3,4)5)41-59-60-42-44(50-46(54)40-52(6,7)8)48(56)58-38-36-34-32-30-28-26-24-22-20-18-16-14-12-10-2/h43-44H,9-42H2,1-8H3/p+2/t43-,44-/m0/s1. The van der Waals surface area contributed by atoms with Crippen LogP contribution in [0.2, 0.25) is 0 Å². The summed E-state index contributed by atoms with van der Waals surface area (Å²) in [5.41, 5.74) is 0. The highest BCUT2D eigenvalue weighted by molar-refractivity contribution is 8.76.